The first-order chi connectivity index (χ1) is 15.6. The second-order valence-corrected chi connectivity index (χ2v) is 10.0. The molecule has 1 heterocycles. The van der Waals surface area contributed by atoms with Crippen LogP contribution in [0.2, 0.25) is 5.02 Å². The van der Waals surface area contributed by atoms with Crippen molar-refractivity contribution in [1.29, 1.82) is 0 Å². The number of halogens is 1. The first-order valence-electron chi connectivity index (χ1n) is 11.5. The average Bonchev–Trinajstić information content (AvgIpc) is 2.76. The van der Waals surface area contributed by atoms with Gasteiger partial charge in [0.1, 0.15) is 18.0 Å². The Bertz CT molecular complexity index is 919. The summed E-state index contributed by atoms with van der Waals surface area (Å²) < 4.78 is 5.81. The van der Waals surface area contributed by atoms with Gasteiger partial charge in [-0.1, -0.05) is 48.9 Å². The standard InChI is InChI=1S/C26H35ClN2O4/c1-18-14-29(15-20-8-10-22(27)11-9-20)19(2)12-23(18)28-16-26(3,32)17-33-24-7-5-4-6-21(24)13-25(30)31/h4-11,18-19,23,28,32H,12-17H2,1-3H3,(H,30,31)/t18?,19-,23?,26?/m0/s1. The largest absolute Gasteiger partial charge is 0.490 e. The van der Waals surface area contributed by atoms with Gasteiger partial charge in [-0.15, -0.1) is 0 Å². The Balaban J connectivity index is 1.50. The van der Waals surface area contributed by atoms with E-state index in [2.05, 4.69) is 36.2 Å². The number of rotatable bonds is 10. The van der Waals surface area contributed by atoms with E-state index in [1.807, 2.05) is 12.1 Å². The van der Waals surface area contributed by atoms with Crippen LogP contribution in [0, 0.1) is 5.92 Å². The zero-order valence-electron chi connectivity index (χ0n) is 19.6. The van der Waals surface area contributed by atoms with Crippen molar-refractivity contribution in [2.24, 2.45) is 5.92 Å². The molecule has 6 nitrogen and oxygen atoms in total. The number of likely N-dealkylation sites (tertiary alicyclic amines) is 1. The van der Waals surface area contributed by atoms with Gasteiger partial charge in [0.2, 0.25) is 0 Å². The molecule has 1 fully saturated rings. The van der Waals surface area contributed by atoms with Crippen LogP contribution in [-0.4, -0.2) is 58.5 Å². The van der Waals surface area contributed by atoms with Gasteiger partial charge in [0, 0.05) is 42.3 Å². The molecular formula is C26H35ClN2O4. The summed E-state index contributed by atoms with van der Waals surface area (Å²) in [4.78, 5) is 13.6. The Morgan fingerprint density at radius 1 is 1.21 bits per heavy atom. The van der Waals surface area contributed by atoms with Gasteiger partial charge in [-0.05, 0) is 49.9 Å². The maximum Gasteiger partial charge on any atom is 0.307 e. The van der Waals surface area contributed by atoms with Crippen LogP contribution in [0.1, 0.15) is 38.3 Å². The molecule has 4 atom stereocenters. The summed E-state index contributed by atoms with van der Waals surface area (Å²) in [7, 11) is 0. The van der Waals surface area contributed by atoms with Gasteiger partial charge in [0.05, 0.1) is 6.42 Å². The predicted octanol–water partition coefficient (Wildman–Crippen LogP) is 3.99. The number of carboxylic acids is 1. The van der Waals surface area contributed by atoms with E-state index < -0.39 is 11.6 Å². The van der Waals surface area contributed by atoms with Gasteiger partial charge in [0.25, 0.3) is 0 Å². The number of carboxylic acid groups (broad SMARTS) is 1. The Kier molecular flexibility index (Phi) is 8.76. The van der Waals surface area contributed by atoms with Gasteiger partial charge in [0.15, 0.2) is 0 Å². The molecule has 0 spiro atoms. The number of ether oxygens (including phenoxy) is 1. The minimum Gasteiger partial charge on any atom is -0.490 e. The molecule has 1 aliphatic rings. The summed E-state index contributed by atoms with van der Waals surface area (Å²) in [6.07, 6.45) is 0.883. The Hall–Kier alpha value is -2.12. The maximum absolute atomic E-state index is 11.1. The molecule has 0 bridgehead atoms. The third-order valence-electron chi connectivity index (χ3n) is 6.32. The minimum atomic E-state index is -1.08. The second-order valence-electron chi connectivity index (χ2n) is 9.57. The quantitative estimate of drug-likeness (QED) is 0.483. The number of para-hydroxylation sites is 1. The fourth-order valence-electron chi connectivity index (χ4n) is 4.34. The number of hydrogen-bond donors (Lipinski definition) is 3. The van der Waals surface area contributed by atoms with Crippen LogP contribution < -0.4 is 10.1 Å². The topological polar surface area (TPSA) is 82.0 Å². The molecule has 3 rings (SSSR count). The van der Waals surface area contributed by atoms with Crippen LogP contribution in [0.15, 0.2) is 48.5 Å². The molecular weight excluding hydrogens is 440 g/mol. The minimum absolute atomic E-state index is 0.0793. The Labute approximate surface area is 201 Å². The fraction of sp³-hybridized carbons (Fsp3) is 0.500. The molecule has 1 aliphatic heterocycles. The van der Waals surface area contributed by atoms with E-state index in [4.69, 9.17) is 21.4 Å². The van der Waals surface area contributed by atoms with Crippen molar-refractivity contribution in [1.82, 2.24) is 10.2 Å². The molecule has 3 N–H and O–H groups in total. The Morgan fingerprint density at radius 3 is 2.61 bits per heavy atom. The van der Waals surface area contributed by atoms with Gasteiger partial charge in [-0.2, -0.15) is 0 Å². The number of carbonyl (C=O) groups is 1. The molecule has 2 aromatic rings. The lowest BCUT2D eigenvalue weighted by Crippen LogP contribution is -2.55. The molecule has 0 aromatic heterocycles. The molecule has 7 heteroatoms. The van der Waals surface area contributed by atoms with Crippen LogP contribution in [0.4, 0.5) is 0 Å². The van der Waals surface area contributed by atoms with E-state index in [1.165, 1.54) is 5.56 Å². The van der Waals surface area contributed by atoms with Crippen molar-refractivity contribution >= 4 is 17.6 Å². The zero-order valence-corrected chi connectivity index (χ0v) is 20.4. The van der Waals surface area contributed by atoms with Crippen molar-refractivity contribution in [3.05, 3.63) is 64.7 Å². The summed E-state index contributed by atoms with van der Waals surface area (Å²) in [5.74, 6) is 0.0178. The van der Waals surface area contributed by atoms with Crippen LogP contribution >= 0.6 is 11.6 Å². The molecule has 0 aliphatic carbocycles. The van der Waals surface area contributed by atoms with Crippen molar-refractivity contribution in [2.75, 3.05) is 19.7 Å². The third-order valence-corrected chi connectivity index (χ3v) is 6.58. The summed E-state index contributed by atoms with van der Waals surface area (Å²) in [5.41, 5.74) is 0.775. The van der Waals surface area contributed by atoms with E-state index in [-0.39, 0.29) is 13.0 Å². The molecule has 0 radical (unpaired) electrons. The van der Waals surface area contributed by atoms with Gasteiger partial charge >= 0.3 is 5.97 Å². The highest BCUT2D eigenvalue weighted by molar-refractivity contribution is 6.30. The number of aliphatic carboxylic acids is 1. The van der Waals surface area contributed by atoms with Crippen molar-refractivity contribution in [3.63, 3.8) is 0 Å². The zero-order chi connectivity index (χ0) is 24.0. The van der Waals surface area contributed by atoms with Crippen molar-refractivity contribution < 1.29 is 19.7 Å². The van der Waals surface area contributed by atoms with Crippen molar-refractivity contribution in [3.8, 4) is 5.75 Å². The monoisotopic (exact) mass is 474 g/mol. The number of benzene rings is 2. The first-order valence-corrected chi connectivity index (χ1v) is 11.9. The smallest absolute Gasteiger partial charge is 0.307 e. The maximum atomic E-state index is 11.1. The highest BCUT2D eigenvalue weighted by Gasteiger charge is 2.32. The van der Waals surface area contributed by atoms with Crippen LogP contribution in [0.3, 0.4) is 0 Å². The lowest BCUT2D eigenvalue weighted by molar-refractivity contribution is -0.136. The van der Waals surface area contributed by atoms with E-state index in [1.54, 1.807) is 31.2 Å². The number of hydrogen-bond acceptors (Lipinski definition) is 5. The number of aliphatic hydroxyl groups is 1. The molecule has 0 amide bonds. The van der Waals surface area contributed by atoms with Gasteiger partial charge in [-0.3, -0.25) is 9.69 Å². The number of nitrogens with zero attached hydrogens (tertiary/aromatic N) is 1. The van der Waals surface area contributed by atoms with Gasteiger partial charge in [-0.25, -0.2) is 0 Å². The average molecular weight is 475 g/mol. The predicted molar refractivity (Wildman–Crippen MR) is 131 cm³/mol. The molecule has 33 heavy (non-hydrogen) atoms. The van der Waals surface area contributed by atoms with Crippen LogP contribution in [0.5, 0.6) is 5.75 Å². The summed E-state index contributed by atoms with van der Waals surface area (Å²) in [6, 6.07) is 15.8. The fourth-order valence-corrected chi connectivity index (χ4v) is 4.47. The summed E-state index contributed by atoms with van der Waals surface area (Å²) in [5, 5.41) is 24.3. The molecule has 2 aromatic carbocycles. The third kappa shape index (κ3) is 7.71. The van der Waals surface area contributed by atoms with E-state index in [9.17, 15) is 9.90 Å². The van der Waals surface area contributed by atoms with E-state index in [0.29, 0.717) is 35.9 Å². The molecule has 3 unspecified atom stereocenters. The van der Waals surface area contributed by atoms with Crippen LogP contribution in [0.25, 0.3) is 0 Å². The highest BCUT2D eigenvalue weighted by atomic mass is 35.5. The van der Waals surface area contributed by atoms with Gasteiger partial charge < -0.3 is 20.3 Å². The van der Waals surface area contributed by atoms with Crippen LogP contribution in [-0.2, 0) is 17.8 Å². The second kappa shape index (κ2) is 11.3. The molecule has 0 saturated carbocycles. The highest BCUT2D eigenvalue weighted by Crippen LogP contribution is 2.25. The normalized spacial score (nSPS) is 23.1. The Morgan fingerprint density at radius 2 is 1.91 bits per heavy atom. The van der Waals surface area contributed by atoms with Crippen molar-refractivity contribution in [2.45, 2.75) is 57.8 Å². The SMILES string of the molecule is CC1CN(Cc2ccc(Cl)cc2)[C@@H](C)CC1NCC(C)(O)COc1ccccc1CC(=O)O. The van der Waals surface area contributed by atoms with E-state index >= 15 is 0 Å². The number of piperidine rings is 1. The molecule has 180 valence electrons. The first kappa shape index (κ1) is 25.5. The van der Waals surface area contributed by atoms with E-state index in [0.717, 1.165) is 24.5 Å². The molecule has 1 saturated heterocycles. The summed E-state index contributed by atoms with van der Waals surface area (Å²) >= 11 is 6.01. The summed E-state index contributed by atoms with van der Waals surface area (Å²) in [6.45, 7) is 8.58. The lowest BCUT2D eigenvalue weighted by atomic mass is 9.88. The lowest BCUT2D eigenvalue weighted by Gasteiger charge is -2.43. The number of nitrogens with one attached hydrogen (secondary N) is 1.